The molecule has 4 heteroatoms. The van der Waals surface area contributed by atoms with Crippen LogP contribution in [-0.4, -0.2) is 22.4 Å². The third kappa shape index (κ3) is 2.65. The van der Waals surface area contributed by atoms with Crippen LogP contribution in [0, 0.1) is 0 Å². The van der Waals surface area contributed by atoms with Crippen LogP contribution in [0.3, 0.4) is 0 Å². The predicted octanol–water partition coefficient (Wildman–Crippen LogP) is 2.91. The van der Waals surface area contributed by atoms with E-state index in [-0.39, 0.29) is 5.91 Å². The van der Waals surface area contributed by atoms with E-state index in [4.69, 9.17) is 0 Å². The van der Waals surface area contributed by atoms with Gasteiger partial charge in [-0.15, -0.1) is 0 Å². The second kappa shape index (κ2) is 5.79. The summed E-state index contributed by atoms with van der Waals surface area (Å²) in [7, 11) is 0. The van der Waals surface area contributed by atoms with Gasteiger partial charge in [-0.25, -0.2) is 4.98 Å². The molecule has 1 aromatic carbocycles. The third-order valence-corrected chi connectivity index (χ3v) is 3.45. The number of rotatable bonds is 4. The number of nitrogens with one attached hydrogen (secondary N) is 2. The molecule has 0 aliphatic rings. The zero-order chi connectivity index (χ0) is 14.7. The summed E-state index contributed by atoms with van der Waals surface area (Å²) in [6, 6.07) is 13.9. The van der Waals surface area contributed by atoms with Crippen molar-refractivity contribution in [1.29, 1.82) is 0 Å². The van der Waals surface area contributed by atoms with Crippen LogP contribution >= 0.6 is 0 Å². The summed E-state index contributed by atoms with van der Waals surface area (Å²) in [6.45, 7) is 2.56. The van der Waals surface area contributed by atoms with Crippen molar-refractivity contribution in [1.82, 2.24) is 15.3 Å². The van der Waals surface area contributed by atoms with E-state index in [0.717, 1.165) is 27.9 Å². The number of nitrogens with zero attached hydrogens (tertiary/aromatic N) is 1. The van der Waals surface area contributed by atoms with Crippen molar-refractivity contribution in [2.24, 2.45) is 0 Å². The Morgan fingerprint density at radius 3 is 2.76 bits per heavy atom. The van der Waals surface area contributed by atoms with Gasteiger partial charge in [0.05, 0.1) is 12.1 Å². The molecule has 0 aliphatic heterocycles. The maximum Gasteiger partial charge on any atom is 0.224 e. The van der Waals surface area contributed by atoms with Crippen LogP contribution in [0.1, 0.15) is 12.5 Å². The molecular weight excluding hydrogens is 262 g/mol. The van der Waals surface area contributed by atoms with Gasteiger partial charge in [0.1, 0.15) is 5.65 Å². The number of fused-ring (bicyclic) bond motifs is 1. The number of hydrogen-bond donors (Lipinski definition) is 2. The summed E-state index contributed by atoms with van der Waals surface area (Å²) < 4.78 is 0. The summed E-state index contributed by atoms with van der Waals surface area (Å²) in [5, 5.41) is 3.86. The molecule has 3 aromatic rings. The van der Waals surface area contributed by atoms with E-state index in [1.807, 2.05) is 49.4 Å². The highest BCUT2D eigenvalue weighted by molar-refractivity contribution is 5.93. The molecule has 1 amide bonds. The second-order valence-corrected chi connectivity index (χ2v) is 4.87. The first kappa shape index (κ1) is 13.4. The summed E-state index contributed by atoms with van der Waals surface area (Å²) >= 11 is 0. The van der Waals surface area contributed by atoms with Crippen molar-refractivity contribution in [3.8, 4) is 11.3 Å². The minimum atomic E-state index is 0.0273. The fourth-order valence-corrected chi connectivity index (χ4v) is 2.53. The van der Waals surface area contributed by atoms with Crippen molar-refractivity contribution in [3.05, 3.63) is 54.2 Å². The van der Waals surface area contributed by atoms with Gasteiger partial charge in [0, 0.05) is 18.1 Å². The number of carbonyl (C=O) groups excluding carboxylic acids is 1. The molecule has 0 spiro atoms. The Hall–Kier alpha value is -2.62. The van der Waals surface area contributed by atoms with Gasteiger partial charge in [-0.1, -0.05) is 30.3 Å². The second-order valence-electron chi connectivity index (χ2n) is 4.87. The van der Waals surface area contributed by atoms with Crippen LogP contribution in [0.5, 0.6) is 0 Å². The van der Waals surface area contributed by atoms with E-state index in [1.54, 1.807) is 6.20 Å². The Bertz CT molecular complexity index is 762. The minimum absolute atomic E-state index is 0.0273. The molecular formula is C17H17N3O. The number of H-pyrrole nitrogens is 1. The topological polar surface area (TPSA) is 57.8 Å². The van der Waals surface area contributed by atoms with Crippen LogP contribution < -0.4 is 5.32 Å². The molecule has 0 fully saturated rings. The maximum absolute atomic E-state index is 12.0. The Balaban J connectivity index is 2.12. The number of amides is 1. The van der Waals surface area contributed by atoms with Crippen molar-refractivity contribution in [2.45, 2.75) is 13.3 Å². The van der Waals surface area contributed by atoms with Gasteiger partial charge >= 0.3 is 0 Å². The van der Waals surface area contributed by atoms with Crippen molar-refractivity contribution in [2.75, 3.05) is 6.54 Å². The quantitative estimate of drug-likeness (QED) is 0.771. The molecule has 2 heterocycles. The fourth-order valence-electron chi connectivity index (χ4n) is 2.53. The number of aromatic nitrogens is 2. The van der Waals surface area contributed by atoms with Crippen LogP contribution in [0.2, 0.25) is 0 Å². The molecule has 0 saturated heterocycles. The highest BCUT2D eigenvalue weighted by Gasteiger charge is 2.16. The standard InChI is InChI=1S/C17H17N3O/c1-2-18-15(21)11-14-13-9-6-10-19-17(13)20-16(14)12-7-4-3-5-8-12/h3-10H,2,11H2,1H3,(H,18,21)(H,19,20). The number of carbonyl (C=O) groups is 1. The summed E-state index contributed by atoms with van der Waals surface area (Å²) in [6.07, 6.45) is 2.10. The van der Waals surface area contributed by atoms with E-state index in [0.29, 0.717) is 13.0 Å². The molecule has 106 valence electrons. The zero-order valence-electron chi connectivity index (χ0n) is 11.9. The number of benzene rings is 1. The summed E-state index contributed by atoms with van der Waals surface area (Å²) in [5.74, 6) is 0.0273. The van der Waals surface area contributed by atoms with E-state index in [1.165, 1.54) is 0 Å². The number of pyridine rings is 1. The Morgan fingerprint density at radius 1 is 1.19 bits per heavy atom. The molecule has 2 aromatic heterocycles. The van der Waals surface area contributed by atoms with Gasteiger partial charge in [0.25, 0.3) is 0 Å². The highest BCUT2D eigenvalue weighted by Crippen LogP contribution is 2.29. The van der Waals surface area contributed by atoms with E-state index >= 15 is 0 Å². The molecule has 0 atom stereocenters. The average molecular weight is 279 g/mol. The van der Waals surface area contributed by atoms with Crippen LogP contribution in [0.4, 0.5) is 0 Å². The van der Waals surface area contributed by atoms with Gasteiger partial charge in [-0.05, 0) is 30.2 Å². The van der Waals surface area contributed by atoms with E-state index in [9.17, 15) is 4.79 Å². The predicted molar refractivity (Wildman–Crippen MR) is 83.9 cm³/mol. The Labute approximate surface area is 123 Å². The summed E-state index contributed by atoms with van der Waals surface area (Å²) in [4.78, 5) is 19.7. The van der Waals surface area contributed by atoms with Crippen molar-refractivity contribution in [3.63, 3.8) is 0 Å². The van der Waals surface area contributed by atoms with Gasteiger partial charge in [0.15, 0.2) is 0 Å². The number of aromatic amines is 1. The highest BCUT2D eigenvalue weighted by atomic mass is 16.1. The average Bonchev–Trinajstić information content (AvgIpc) is 2.87. The molecule has 0 radical (unpaired) electrons. The molecule has 0 saturated carbocycles. The van der Waals surface area contributed by atoms with Crippen LogP contribution in [-0.2, 0) is 11.2 Å². The smallest absolute Gasteiger partial charge is 0.224 e. The molecule has 0 unspecified atom stereocenters. The normalized spacial score (nSPS) is 10.7. The van der Waals surface area contributed by atoms with Crippen LogP contribution in [0.15, 0.2) is 48.7 Å². The molecule has 3 rings (SSSR count). The SMILES string of the molecule is CCNC(=O)Cc1c(-c2ccccc2)[nH]c2ncccc12. The van der Waals surface area contributed by atoms with E-state index in [2.05, 4.69) is 15.3 Å². The lowest BCUT2D eigenvalue weighted by molar-refractivity contribution is -0.120. The van der Waals surface area contributed by atoms with Crippen molar-refractivity contribution >= 4 is 16.9 Å². The first-order valence-corrected chi connectivity index (χ1v) is 7.07. The third-order valence-electron chi connectivity index (χ3n) is 3.45. The molecule has 0 aliphatic carbocycles. The number of likely N-dealkylation sites (N-methyl/N-ethyl adjacent to an activating group) is 1. The minimum Gasteiger partial charge on any atom is -0.356 e. The zero-order valence-corrected chi connectivity index (χ0v) is 11.9. The van der Waals surface area contributed by atoms with Gasteiger partial charge < -0.3 is 10.3 Å². The fraction of sp³-hybridized carbons (Fsp3) is 0.176. The Kier molecular flexibility index (Phi) is 3.69. The van der Waals surface area contributed by atoms with Gasteiger partial charge in [-0.3, -0.25) is 4.79 Å². The Morgan fingerprint density at radius 2 is 2.00 bits per heavy atom. The largest absolute Gasteiger partial charge is 0.356 e. The van der Waals surface area contributed by atoms with Gasteiger partial charge in [-0.2, -0.15) is 0 Å². The van der Waals surface area contributed by atoms with E-state index < -0.39 is 0 Å². The molecule has 21 heavy (non-hydrogen) atoms. The first-order valence-electron chi connectivity index (χ1n) is 7.07. The molecule has 4 nitrogen and oxygen atoms in total. The number of hydrogen-bond acceptors (Lipinski definition) is 2. The lowest BCUT2D eigenvalue weighted by Gasteiger charge is -2.05. The monoisotopic (exact) mass is 279 g/mol. The summed E-state index contributed by atoms with van der Waals surface area (Å²) in [5.41, 5.74) is 3.84. The lowest BCUT2D eigenvalue weighted by Crippen LogP contribution is -2.24. The first-order chi connectivity index (χ1) is 10.3. The maximum atomic E-state index is 12.0. The molecule has 0 bridgehead atoms. The van der Waals surface area contributed by atoms with Crippen LogP contribution in [0.25, 0.3) is 22.3 Å². The van der Waals surface area contributed by atoms with Gasteiger partial charge in [0.2, 0.25) is 5.91 Å². The lowest BCUT2D eigenvalue weighted by atomic mass is 10.0. The molecule has 2 N–H and O–H groups in total. The van der Waals surface area contributed by atoms with Crippen molar-refractivity contribution < 1.29 is 4.79 Å².